The van der Waals surface area contributed by atoms with Gasteiger partial charge in [-0.2, -0.15) is 0 Å². The quantitative estimate of drug-likeness (QED) is 0.798. The lowest BCUT2D eigenvalue weighted by atomic mass is 10.0. The molecular formula is C16H23N5O3S. The maximum atomic E-state index is 12.3. The summed E-state index contributed by atoms with van der Waals surface area (Å²) in [5, 5.41) is 2.96. The van der Waals surface area contributed by atoms with Crippen LogP contribution in [-0.4, -0.2) is 76.0 Å². The lowest BCUT2D eigenvalue weighted by Gasteiger charge is -2.43. The average molecular weight is 365 g/mol. The summed E-state index contributed by atoms with van der Waals surface area (Å²) in [4.78, 5) is 21.3. The molecule has 0 aliphatic carbocycles. The van der Waals surface area contributed by atoms with Crippen molar-refractivity contribution in [3.63, 3.8) is 0 Å². The Kier molecular flexibility index (Phi) is 3.97. The molecule has 2 aromatic rings. The van der Waals surface area contributed by atoms with Crippen LogP contribution in [0.4, 0.5) is 0 Å². The molecule has 9 heteroatoms. The van der Waals surface area contributed by atoms with Crippen molar-refractivity contribution in [2.45, 2.75) is 32.5 Å². The number of H-pyrrole nitrogens is 1. The van der Waals surface area contributed by atoms with Gasteiger partial charge in [-0.1, -0.05) is 6.92 Å². The third kappa shape index (κ3) is 3.00. The highest BCUT2D eigenvalue weighted by Gasteiger charge is 2.45. The number of hydrogen-bond acceptors (Lipinski definition) is 6. The summed E-state index contributed by atoms with van der Waals surface area (Å²) in [6.45, 7) is 6.95. The topological polar surface area (TPSA) is 90.8 Å². The van der Waals surface area contributed by atoms with Gasteiger partial charge in [-0.3, -0.25) is 19.7 Å². The van der Waals surface area contributed by atoms with Crippen LogP contribution in [0.2, 0.25) is 0 Å². The Balaban J connectivity index is 1.63. The van der Waals surface area contributed by atoms with E-state index in [1.54, 1.807) is 0 Å². The average Bonchev–Trinajstić information content (AvgIpc) is 3.06. The van der Waals surface area contributed by atoms with Crippen molar-refractivity contribution >= 4 is 15.5 Å². The van der Waals surface area contributed by atoms with Crippen LogP contribution in [0.3, 0.4) is 0 Å². The van der Waals surface area contributed by atoms with Crippen molar-refractivity contribution in [3.05, 3.63) is 33.9 Å². The van der Waals surface area contributed by atoms with E-state index in [-0.39, 0.29) is 29.1 Å². The van der Waals surface area contributed by atoms with Crippen molar-refractivity contribution < 1.29 is 8.42 Å². The number of aryl methyl sites for hydroxylation is 1. The fraction of sp³-hybridized carbons (Fsp3) is 0.625. The van der Waals surface area contributed by atoms with E-state index in [0.717, 1.165) is 25.3 Å². The fourth-order valence-electron chi connectivity index (χ4n) is 4.14. The minimum Gasteiger partial charge on any atom is -0.297 e. The number of nitrogens with zero attached hydrogens (tertiary/aromatic N) is 4. The molecule has 2 aliphatic rings. The molecule has 0 amide bonds. The Morgan fingerprint density at radius 1 is 1.20 bits per heavy atom. The predicted octanol–water partition coefficient (Wildman–Crippen LogP) is -0.366. The van der Waals surface area contributed by atoms with Gasteiger partial charge in [0, 0.05) is 49.5 Å². The molecule has 0 spiro atoms. The number of aromatic amines is 1. The van der Waals surface area contributed by atoms with Gasteiger partial charge in [0.05, 0.1) is 17.2 Å². The molecule has 2 aromatic heterocycles. The number of piperazine rings is 1. The molecule has 0 radical (unpaired) electrons. The summed E-state index contributed by atoms with van der Waals surface area (Å²) in [6.07, 6.45) is 0. The van der Waals surface area contributed by atoms with Crippen molar-refractivity contribution in [2.75, 3.05) is 31.1 Å². The highest BCUT2D eigenvalue weighted by molar-refractivity contribution is 7.91. The zero-order valence-electron chi connectivity index (χ0n) is 14.5. The first kappa shape index (κ1) is 16.7. The van der Waals surface area contributed by atoms with E-state index in [9.17, 15) is 13.2 Å². The molecule has 0 saturated carbocycles. The second kappa shape index (κ2) is 5.93. The van der Waals surface area contributed by atoms with Crippen LogP contribution in [0, 0.1) is 6.92 Å². The lowest BCUT2D eigenvalue weighted by molar-refractivity contribution is 0.0431. The van der Waals surface area contributed by atoms with Crippen LogP contribution in [0.15, 0.2) is 16.9 Å². The van der Waals surface area contributed by atoms with Gasteiger partial charge in [-0.15, -0.1) is 0 Å². The van der Waals surface area contributed by atoms with E-state index in [2.05, 4.69) is 26.8 Å². The van der Waals surface area contributed by atoms with E-state index in [1.165, 1.54) is 10.6 Å². The maximum Gasteiger partial charge on any atom is 0.272 e. The van der Waals surface area contributed by atoms with Crippen molar-refractivity contribution in [2.24, 2.45) is 0 Å². The van der Waals surface area contributed by atoms with Gasteiger partial charge in [0.2, 0.25) is 0 Å². The molecule has 2 atom stereocenters. The third-order valence-electron chi connectivity index (χ3n) is 5.31. The van der Waals surface area contributed by atoms with E-state index in [4.69, 9.17) is 0 Å². The number of fused-ring (bicyclic) bond motifs is 2. The fourth-order valence-corrected chi connectivity index (χ4v) is 6.18. The van der Waals surface area contributed by atoms with Gasteiger partial charge >= 0.3 is 0 Å². The molecular weight excluding hydrogens is 342 g/mol. The molecule has 2 fully saturated rings. The number of aromatic nitrogens is 3. The van der Waals surface area contributed by atoms with Crippen LogP contribution < -0.4 is 5.56 Å². The standard InChI is InChI=1S/C16H23N5O3S/c1-3-19-4-5-20(14-10-25(23,24)9-13(14)19)8-12-7-16(22)21-15(17-12)6-11(2)18-21/h6-7,13-14,18H,3-5,8-10H2,1-2H3/t13-,14+/m1/s1. The van der Waals surface area contributed by atoms with Crippen LogP contribution in [0.25, 0.3) is 5.65 Å². The summed E-state index contributed by atoms with van der Waals surface area (Å²) >= 11 is 0. The number of likely N-dealkylation sites (N-methyl/N-ethyl adjacent to an activating group) is 1. The van der Waals surface area contributed by atoms with Gasteiger partial charge < -0.3 is 0 Å². The Labute approximate surface area is 146 Å². The minimum atomic E-state index is -3.01. The SMILES string of the molecule is CCN1CCN(Cc2cc(=O)n3[nH]c(C)cc3n2)[C@H]2CS(=O)(=O)C[C@H]21. The molecule has 0 aromatic carbocycles. The number of sulfone groups is 1. The van der Waals surface area contributed by atoms with E-state index in [1.807, 2.05) is 13.0 Å². The summed E-state index contributed by atoms with van der Waals surface area (Å²) in [6, 6.07) is 3.39. The first-order chi connectivity index (χ1) is 11.9. The van der Waals surface area contributed by atoms with E-state index < -0.39 is 9.84 Å². The molecule has 0 bridgehead atoms. The molecule has 4 rings (SSSR count). The molecule has 0 unspecified atom stereocenters. The van der Waals surface area contributed by atoms with Crippen LogP contribution in [0.5, 0.6) is 0 Å². The van der Waals surface area contributed by atoms with Crippen LogP contribution in [0.1, 0.15) is 18.3 Å². The normalized spacial score (nSPS) is 27.0. The molecule has 25 heavy (non-hydrogen) atoms. The molecule has 1 N–H and O–H groups in total. The lowest BCUT2D eigenvalue weighted by Crippen LogP contribution is -2.58. The van der Waals surface area contributed by atoms with E-state index in [0.29, 0.717) is 17.9 Å². The molecule has 8 nitrogen and oxygen atoms in total. The third-order valence-corrected chi connectivity index (χ3v) is 7.01. The second-order valence-electron chi connectivity index (χ2n) is 7.03. The summed E-state index contributed by atoms with van der Waals surface area (Å²) in [5.41, 5.74) is 2.02. The predicted molar refractivity (Wildman–Crippen MR) is 94.4 cm³/mol. The largest absolute Gasteiger partial charge is 0.297 e. The number of hydrogen-bond donors (Lipinski definition) is 1. The number of rotatable bonds is 3. The summed E-state index contributed by atoms with van der Waals surface area (Å²) < 4.78 is 25.8. The smallest absolute Gasteiger partial charge is 0.272 e. The summed E-state index contributed by atoms with van der Waals surface area (Å²) in [5.74, 6) is 0.423. The Bertz CT molecular complexity index is 964. The van der Waals surface area contributed by atoms with E-state index >= 15 is 0 Å². The van der Waals surface area contributed by atoms with Crippen molar-refractivity contribution in [3.8, 4) is 0 Å². The Hall–Kier alpha value is -1.71. The van der Waals surface area contributed by atoms with Crippen LogP contribution in [-0.2, 0) is 16.4 Å². The van der Waals surface area contributed by atoms with Crippen molar-refractivity contribution in [1.82, 2.24) is 24.4 Å². The molecule has 136 valence electrons. The molecule has 4 heterocycles. The monoisotopic (exact) mass is 365 g/mol. The zero-order valence-corrected chi connectivity index (χ0v) is 15.3. The highest BCUT2D eigenvalue weighted by atomic mass is 32.2. The van der Waals surface area contributed by atoms with Gasteiger partial charge in [-0.05, 0) is 13.5 Å². The first-order valence-electron chi connectivity index (χ1n) is 8.63. The van der Waals surface area contributed by atoms with Crippen LogP contribution >= 0.6 is 0 Å². The second-order valence-corrected chi connectivity index (χ2v) is 9.18. The zero-order chi connectivity index (χ0) is 17.8. The van der Waals surface area contributed by atoms with Gasteiger partial charge in [0.15, 0.2) is 15.5 Å². The number of nitrogens with one attached hydrogen (secondary N) is 1. The van der Waals surface area contributed by atoms with Gasteiger partial charge in [0.1, 0.15) is 0 Å². The first-order valence-corrected chi connectivity index (χ1v) is 10.5. The minimum absolute atomic E-state index is 0.0214. The van der Waals surface area contributed by atoms with Gasteiger partial charge in [-0.25, -0.2) is 17.9 Å². The Morgan fingerprint density at radius 3 is 2.60 bits per heavy atom. The van der Waals surface area contributed by atoms with Gasteiger partial charge in [0.25, 0.3) is 5.56 Å². The molecule has 2 saturated heterocycles. The Morgan fingerprint density at radius 2 is 1.88 bits per heavy atom. The molecule has 2 aliphatic heterocycles. The maximum absolute atomic E-state index is 12.3. The highest BCUT2D eigenvalue weighted by Crippen LogP contribution is 2.27. The van der Waals surface area contributed by atoms with Crippen molar-refractivity contribution in [1.29, 1.82) is 0 Å². The summed E-state index contributed by atoms with van der Waals surface area (Å²) in [7, 11) is -3.01.